The molecule has 0 radical (unpaired) electrons. The van der Waals surface area contributed by atoms with Crippen LogP contribution in [0, 0.1) is 56.2 Å². The Morgan fingerprint density at radius 2 is 1.37 bits per heavy atom. The summed E-state index contributed by atoms with van der Waals surface area (Å²) in [7, 11) is 0. The highest BCUT2D eigenvalue weighted by molar-refractivity contribution is 5.73. The molecule has 4 saturated carbocycles. The van der Waals surface area contributed by atoms with E-state index in [1.54, 1.807) is 6.92 Å². The Hall–Kier alpha value is -2.95. The van der Waals surface area contributed by atoms with Gasteiger partial charge in [0.2, 0.25) is 0 Å². The lowest BCUT2D eigenvalue weighted by molar-refractivity contribution is -0.296. The first-order chi connectivity index (χ1) is 24.9. The van der Waals surface area contributed by atoms with E-state index in [0.717, 1.165) is 37.7 Å². The number of aliphatic hydroxyl groups is 1. The van der Waals surface area contributed by atoms with E-state index in [0.29, 0.717) is 12.8 Å². The lowest BCUT2D eigenvalue weighted by Crippen LogP contribution is -2.77. The van der Waals surface area contributed by atoms with Crippen LogP contribution in [-0.4, -0.2) is 72.1 Å². The Kier molecular flexibility index (Phi) is 11.1. The molecule has 0 aromatic heterocycles. The minimum Gasteiger partial charge on any atom is -0.465 e. The van der Waals surface area contributed by atoms with Crippen molar-refractivity contribution in [2.24, 2.45) is 56.2 Å². The minimum absolute atomic E-state index is 0.116. The van der Waals surface area contributed by atoms with E-state index in [2.05, 4.69) is 40.7 Å². The van der Waals surface area contributed by atoms with Crippen LogP contribution in [0.1, 0.15) is 135 Å². The molecule has 1 N–H and O–H groups in total. The molecule has 304 valence electrons. The smallest absolute Gasteiger partial charge is 0.309 e. The molecule has 5 rings (SSSR count). The number of esters is 5. The molecule has 4 fully saturated rings. The Morgan fingerprint density at radius 3 is 1.93 bits per heavy atom. The molecule has 11 nitrogen and oxygen atoms in total. The van der Waals surface area contributed by atoms with Crippen molar-refractivity contribution >= 4 is 29.8 Å². The second kappa shape index (κ2) is 14.2. The van der Waals surface area contributed by atoms with Crippen LogP contribution in [0.15, 0.2) is 11.6 Å². The molecule has 0 aliphatic heterocycles. The maximum absolute atomic E-state index is 13.8. The molecular weight excluding hydrogens is 692 g/mol. The van der Waals surface area contributed by atoms with Crippen LogP contribution in [0.25, 0.3) is 0 Å². The van der Waals surface area contributed by atoms with Gasteiger partial charge in [-0.1, -0.05) is 74.0 Å². The molecule has 0 amide bonds. The quantitative estimate of drug-likeness (QED) is 0.156. The largest absolute Gasteiger partial charge is 0.465 e. The van der Waals surface area contributed by atoms with E-state index in [1.165, 1.54) is 27.7 Å². The third-order valence-electron chi connectivity index (χ3n) is 15.8. The average molecular weight is 759 g/mol. The molecule has 0 spiro atoms. The number of ether oxygens (including phenoxy) is 5. The summed E-state index contributed by atoms with van der Waals surface area (Å²) in [6, 6.07) is 0. The Balaban J connectivity index is 1.76. The summed E-state index contributed by atoms with van der Waals surface area (Å²) in [5.74, 6) is -3.19. The fourth-order valence-electron chi connectivity index (χ4n) is 12.8. The molecule has 5 aliphatic rings. The van der Waals surface area contributed by atoms with E-state index in [1.807, 2.05) is 20.8 Å². The SMILES string of the molecule is CCC(C)C(=O)O[C@H]1[C@H](OC(C)=O)C(C)(C)C[C@H]2C3=CC[C@@H]4[C@@]5(C)CC[C@H](OC(C)=O)C(C)(C)[C@@H]5CC[C@@]4(C)[C@]3(C)[C@@H](OC(C)=O)[C@@H](O)[C@]21COC(C)=O. The first kappa shape index (κ1) is 42.2. The van der Waals surface area contributed by atoms with Gasteiger partial charge in [0.15, 0.2) is 6.10 Å². The summed E-state index contributed by atoms with van der Waals surface area (Å²) in [4.78, 5) is 64.7. The van der Waals surface area contributed by atoms with Crippen LogP contribution in [0.3, 0.4) is 0 Å². The number of aliphatic hydroxyl groups excluding tert-OH is 1. The van der Waals surface area contributed by atoms with Gasteiger partial charge in [0.1, 0.15) is 31.0 Å². The number of hydrogen-bond donors (Lipinski definition) is 1. The zero-order valence-electron chi connectivity index (χ0n) is 35.0. The highest BCUT2D eigenvalue weighted by Crippen LogP contribution is 2.76. The van der Waals surface area contributed by atoms with Crippen molar-refractivity contribution in [3.63, 3.8) is 0 Å². The van der Waals surface area contributed by atoms with Crippen molar-refractivity contribution in [2.45, 2.75) is 165 Å². The fraction of sp³-hybridized carbons (Fsp3) is 0.837. The first-order valence-corrected chi connectivity index (χ1v) is 20.1. The third kappa shape index (κ3) is 6.30. The molecule has 0 saturated heterocycles. The van der Waals surface area contributed by atoms with Crippen LogP contribution in [0.4, 0.5) is 0 Å². The summed E-state index contributed by atoms with van der Waals surface area (Å²) in [6.07, 6.45) is 2.02. The predicted octanol–water partition coefficient (Wildman–Crippen LogP) is 6.90. The molecule has 11 heteroatoms. The van der Waals surface area contributed by atoms with Crippen molar-refractivity contribution in [3.8, 4) is 0 Å². The van der Waals surface area contributed by atoms with E-state index >= 15 is 0 Å². The van der Waals surface area contributed by atoms with E-state index in [4.69, 9.17) is 23.7 Å². The standard InChI is InChI=1S/C43H66O11/c1-14-23(2)37(49)54-36-35(53-27(6)47)38(7,8)21-29-28-15-16-31-40(11)19-18-32(51-25(4)45)39(9,10)30(40)17-20-41(31,12)42(28,13)34(52-26(5)46)33(48)43(29,36)22-50-24(3)44/h15,23,29-36,48H,14,16-22H2,1-13H3/t23?,29-,30-,31+,32-,33+,34-,35-,36-,40-,41+,42-,43-/m0/s1. The third-order valence-corrected chi connectivity index (χ3v) is 15.8. The Bertz CT molecular complexity index is 1560. The zero-order valence-corrected chi connectivity index (χ0v) is 35.0. The van der Waals surface area contributed by atoms with Gasteiger partial charge in [0.05, 0.1) is 11.3 Å². The average Bonchev–Trinajstić information content (AvgIpc) is 3.05. The number of carbonyl (C=O) groups is 5. The molecule has 1 unspecified atom stereocenters. The molecule has 13 atom stereocenters. The monoisotopic (exact) mass is 758 g/mol. The van der Waals surface area contributed by atoms with Crippen LogP contribution in [0.2, 0.25) is 0 Å². The summed E-state index contributed by atoms with van der Waals surface area (Å²) < 4.78 is 30.6. The Morgan fingerprint density at radius 1 is 0.778 bits per heavy atom. The maximum atomic E-state index is 13.8. The fourth-order valence-corrected chi connectivity index (χ4v) is 12.8. The number of hydrogen-bond acceptors (Lipinski definition) is 11. The van der Waals surface area contributed by atoms with Gasteiger partial charge in [-0.3, -0.25) is 24.0 Å². The molecule has 54 heavy (non-hydrogen) atoms. The molecule has 0 bridgehead atoms. The zero-order chi connectivity index (χ0) is 40.6. The lowest BCUT2D eigenvalue weighted by atomic mass is 9.32. The molecule has 5 aliphatic carbocycles. The van der Waals surface area contributed by atoms with Crippen LogP contribution >= 0.6 is 0 Å². The number of allylic oxidation sites excluding steroid dienone is 1. The minimum atomic E-state index is -1.54. The van der Waals surface area contributed by atoms with Crippen LogP contribution in [0.5, 0.6) is 0 Å². The van der Waals surface area contributed by atoms with Gasteiger partial charge >= 0.3 is 29.8 Å². The van der Waals surface area contributed by atoms with Crippen LogP contribution < -0.4 is 0 Å². The highest BCUT2D eigenvalue weighted by Gasteiger charge is 2.77. The Labute approximate surface area is 322 Å². The van der Waals surface area contributed by atoms with Gasteiger partial charge in [-0.05, 0) is 73.5 Å². The van der Waals surface area contributed by atoms with Gasteiger partial charge in [-0.15, -0.1) is 0 Å². The van der Waals surface area contributed by atoms with Crippen molar-refractivity contribution in [3.05, 3.63) is 11.6 Å². The number of carbonyl (C=O) groups excluding carboxylic acids is 5. The summed E-state index contributed by atoms with van der Waals surface area (Å²) in [5.41, 5.74) is -3.14. The second-order valence-corrected chi connectivity index (χ2v) is 19.4. The molecular formula is C43H66O11. The van der Waals surface area contributed by atoms with E-state index in [-0.39, 0.29) is 41.3 Å². The number of fused-ring (bicyclic) bond motifs is 7. The van der Waals surface area contributed by atoms with Gasteiger partial charge in [-0.2, -0.15) is 0 Å². The number of rotatable bonds is 8. The predicted molar refractivity (Wildman–Crippen MR) is 199 cm³/mol. The molecule has 0 aromatic rings. The van der Waals surface area contributed by atoms with Crippen molar-refractivity contribution in [2.75, 3.05) is 6.61 Å². The first-order valence-electron chi connectivity index (χ1n) is 20.1. The van der Waals surface area contributed by atoms with Gasteiger partial charge in [-0.25, -0.2) is 0 Å². The van der Waals surface area contributed by atoms with E-state index < -0.39 is 81.8 Å². The highest BCUT2D eigenvalue weighted by atomic mass is 16.6. The summed E-state index contributed by atoms with van der Waals surface area (Å²) in [6.45, 7) is 23.8. The second-order valence-electron chi connectivity index (χ2n) is 19.4. The molecule has 0 aromatic carbocycles. The van der Waals surface area contributed by atoms with Crippen molar-refractivity contribution in [1.82, 2.24) is 0 Å². The summed E-state index contributed by atoms with van der Waals surface area (Å²) in [5, 5.41) is 13.2. The van der Waals surface area contributed by atoms with Gasteiger partial charge in [0.25, 0.3) is 0 Å². The topological polar surface area (TPSA) is 152 Å². The van der Waals surface area contributed by atoms with Gasteiger partial charge < -0.3 is 28.8 Å². The van der Waals surface area contributed by atoms with Crippen molar-refractivity contribution < 1.29 is 52.8 Å². The lowest BCUT2D eigenvalue weighted by Gasteiger charge is -2.73. The van der Waals surface area contributed by atoms with Crippen molar-refractivity contribution in [1.29, 1.82) is 0 Å². The maximum Gasteiger partial charge on any atom is 0.309 e. The molecule has 0 heterocycles. The normalized spacial score (nSPS) is 42.2. The van der Waals surface area contributed by atoms with E-state index in [9.17, 15) is 29.1 Å². The summed E-state index contributed by atoms with van der Waals surface area (Å²) >= 11 is 0. The van der Waals surface area contributed by atoms with Gasteiger partial charge in [0, 0.05) is 43.9 Å². The van der Waals surface area contributed by atoms with Crippen LogP contribution in [-0.2, 0) is 47.7 Å².